The summed E-state index contributed by atoms with van der Waals surface area (Å²) < 4.78 is 78.1. The lowest BCUT2D eigenvalue weighted by Gasteiger charge is -2.12. The van der Waals surface area contributed by atoms with Crippen molar-refractivity contribution in [1.29, 1.82) is 0 Å². The Morgan fingerprint density at radius 1 is 0.688 bits per heavy atom. The largest absolute Gasteiger partial charge is 0.507 e. The van der Waals surface area contributed by atoms with Crippen LogP contribution < -0.4 is 0 Å². The molecule has 174 valence electrons. The lowest BCUT2D eigenvalue weighted by Crippen LogP contribution is -2.07. The van der Waals surface area contributed by atoms with E-state index in [1.54, 1.807) is 13.8 Å². The molecular formula is C22H22F6N2O2. The highest BCUT2D eigenvalue weighted by atomic mass is 19.4. The zero-order valence-electron chi connectivity index (χ0n) is 17.3. The summed E-state index contributed by atoms with van der Waals surface area (Å²) >= 11 is 0. The molecule has 4 nitrogen and oxygen atoms in total. The molecule has 2 N–H and O–H groups in total. The predicted octanol–water partition coefficient (Wildman–Crippen LogP) is 5.80. The summed E-state index contributed by atoms with van der Waals surface area (Å²) in [7, 11) is 0. The van der Waals surface area contributed by atoms with E-state index in [1.165, 1.54) is 0 Å². The Hall–Kier alpha value is -3.04. The number of phenols is 2. The SMILES string of the molecule is CCc1cc(C(F)(F)F)cc(C=NCCN=Cc2cc(C(F)(F)F)cc(CC)c2O)c1O. The molecule has 0 unspecified atom stereocenters. The lowest BCUT2D eigenvalue weighted by atomic mass is 10.0. The van der Waals surface area contributed by atoms with E-state index in [0.717, 1.165) is 36.7 Å². The second-order valence-corrected chi connectivity index (χ2v) is 6.92. The third-order valence-electron chi connectivity index (χ3n) is 4.67. The van der Waals surface area contributed by atoms with Crippen molar-refractivity contribution in [2.75, 3.05) is 13.1 Å². The maximum absolute atomic E-state index is 13.0. The van der Waals surface area contributed by atoms with Crippen LogP contribution in [0, 0.1) is 0 Å². The fourth-order valence-corrected chi connectivity index (χ4v) is 2.94. The number of hydrogen-bond acceptors (Lipinski definition) is 4. The second-order valence-electron chi connectivity index (χ2n) is 6.92. The van der Waals surface area contributed by atoms with Crippen LogP contribution in [0.4, 0.5) is 26.3 Å². The minimum absolute atomic E-state index is 0.00794. The Morgan fingerprint density at radius 2 is 1.03 bits per heavy atom. The number of rotatable bonds is 7. The predicted molar refractivity (Wildman–Crippen MR) is 110 cm³/mol. The van der Waals surface area contributed by atoms with E-state index in [4.69, 9.17) is 0 Å². The van der Waals surface area contributed by atoms with Gasteiger partial charge in [0.15, 0.2) is 0 Å². The molecule has 10 heteroatoms. The highest BCUT2D eigenvalue weighted by molar-refractivity contribution is 5.85. The molecule has 2 aromatic carbocycles. The molecule has 2 rings (SSSR count). The highest BCUT2D eigenvalue weighted by Crippen LogP contribution is 2.35. The molecular weight excluding hydrogens is 438 g/mol. The number of halogens is 6. The van der Waals surface area contributed by atoms with Crippen molar-refractivity contribution in [2.45, 2.75) is 39.0 Å². The van der Waals surface area contributed by atoms with Gasteiger partial charge in [-0.05, 0) is 48.2 Å². The molecule has 0 spiro atoms. The molecule has 0 atom stereocenters. The fourth-order valence-electron chi connectivity index (χ4n) is 2.94. The van der Waals surface area contributed by atoms with Gasteiger partial charge in [0.05, 0.1) is 24.2 Å². The van der Waals surface area contributed by atoms with Gasteiger partial charge in [0, 0.05) is 23.6 Å². The number of benzene rings is 2. The lowest BCUT2D eigenvalue weighted by molar-refractivity contribution is -0.138. The first kappa shape index (κ1) is 25.2. The van der Waals surface area contributed by atoms with Crippen molar-refractivity contribution < 1.29 is 36.6 Å². The molecule has 0 aromatic heterocycles. The van der Waals surface area contributed by atoms with Crippen LogP contribution in [-0.4, -0.2) is 35.7 Å². The van der Waals surface area contributed by atoms with Gasteiger partial charge in [-0.2, -0.15) is 26.3 Å². The number of hydrogen-bond donors (Lipinski definition) is 2. The van der Waals surface area contributed by atoms with Gasteiger partial charge in [-0.3, -0.25) is 9.98 Å². The molecule has 0 aliphatic carbocycles. The van der Waals surface area contributed by atoms with Crippen molar-refractivity contribution in [3.63, 3.8) is 0 Å². The molecule has 0 amide bonds. The van der Waals surface area contributed by atoms with Gasteiger partial charge in [-0.15, -0.1) is 0 Å². The monoisotopic (exact) mass is 460 g/mol. The van der Waals surface area contributed by atoms with Gasteiger partial charge in [0.25, 0.3) is 0 Å². The normalized spacial score (nSPS) is 12.9. The number of aliphatic imine (C=N–C) groups is 2. The van der Waals surface area contributed by atoms with Crippen LogP contribution in [0.1, 0.15) is 47.2 Å². The topological polar surface area (TPSA) is 65.2 Å². The van der Waals surface area contributed by atoms with Crippen molar-refractivity contribution in [3.05, 3.63) is 57.6 Å². The number of phenolic OH excluding ortho intramolecular Hbond substituents is 2. The Labute approximate surface area is 181 Å². The summed E-state index contributed by atoms with van der Waals surface area (Å²) in [5.41, 5.74) is -1.73. The van der Waals surface area contributed by atoms with E-state index >= 15 is 0 Å². The van der Waals surface area contributed by atoms with Crippen LogP contribution in [0.3, 0.4) is 0 Å². The first-order chi connectivity index (χ1) is 14.9. The highest BCUT2D eigenvalue weighted by Gasteiger charge is 2.32. The third-order valence-corrected chi connectivity index (χ3v) is 4.67. The molecule has 32 heavy (non-hydrogen) atoms. The Kier molecular flexibility index (Phi) is 7.92. The molecule has 2 aromatic rings. The van der Waals surface area contributed by atoms with Crippen molar-refractivity contribution in [1.82, 2.24) is 0 Å². The number of aromatic hydroxyl groups is 2. The number of nitrogens with zero attached hydrogens (tertiary/aromatic N) is 2. The van der Waals surface area contributed by atoms with E-state index in [0.29, 0.717) is 0 Å². The summed E-state index contributed by atoms with van der Waals surface area (Å²) in [6, 6.07) is 3.33. The van der Waals surface area contributed by atoms with E-state index in [2.05, 4.69) is 9.98 Å². The summed E-state index contributed by atoms with van der Waals surface area (Å²) in [5, 5.41) is 20.2. The summed E-state index contributed by atoms with van der Waals surface area (Å²) in [6.45, 7) is 3.23. The maximum atomic E-state index is 13.0. The fraction of sp³-hybridized carbons (Fsp3) is 0.364. The average molecular weight is 460 g/mol. The van der Waals surface area contributed by atoms with Gasteiger partial charge in [0.2, 0.25) is 0 Å². The van der Waals surface area contributed by atoms with Crippen LogP contribution in [0.15, 0.2) is 34.3 Å². The average Bonchev–Trinajstić information content (AvgIpc) is 2.70. The van der Waals surface area contributed by atoms with Gasteiger partial charge in [-0.25, -0.2) is 0 Å². The van der Waals surface area contributed by atoms with Crippen molar-refractivity contribution in [3.8, 4) is 11.5 Å². The van der Waals surface area contributed by atoms with Gasteiger partial charge in [0.1, 0.15) is 11.5 Å². The molecule has 0 fully saturated rings. The quantitative estimate of drug-likeness (QED) is 0.312. The van der Waals surface area contributed by atoms with E-state index < -0.39 is 23.5 Å². The van der Waals surface area contributed by atoms with Gasteiger partial charge < -0.3 is 10.2 Å². The van der Waals surface area contributed by atoms with Crippen LogP contribution in [0.2, 0.25) is 0 Å². The standard InChI is InChI=1S/C22H22F6N2O2/c1-3-13-7-17(21(23,24)25)9-15(19(13)31)11-29-5-6-30-12-16-10-18(22(26,27)28)8-14(4-2)20(16)32/h7-12,31-32H,3-6H2,1-2H3. The molecule has 0 aliphatic rings. The van der Waals surface area contributed by atoms with Crippen molar-refractivity contribution >= 4 is 12.4 Å². The molecule has 0 saturated carbocycles. The minimum atomic E-state index is -4.57. The second kappa shape index (κ2) is 10.1. The van der Waals surface area contributed by atoms with E-state index in [9.17, 15) is 36.6 Å². The Morgan fingerprint density at radius 3 is 1.31 bits per heavy atom. The molecule has 0 aliphatic heterocycles. The van der Waals surface area contributed by atoms with Crippen LogP contribution in [0.25, 0.3) is 0 Å². The Bertz CT molecular complexity index is 929. The zero-order valence-corrected chi connectivity index (χ0v) is 17.3. The molecule has 0 heterocycles. The smallest absolute Gasteiger partial charge is 0.416 e. The third kappa shape index (κ3) is 6.24. The van der Waals surface area contributed by atoms with E-state index in [1.807, 2.05) is 0 Å². The van der Waals surface area contributed by atoms with Crippen LogP contribution in [0.5, 0.6) is 11.5 Å². The minimum Gasteiger partial charge on any atom is -0.507 e. The van der Waals surface area contributed by atoms with Crippen molar-refractivity contribution in [2.24, 2.45) is 9.98 Å². The van der Waals surface area contributed by atoms with Gasteiger partial charge in [-0.1, -0.05) is 13.8 Å². The first-order valence-electron chi connectivity index (χ1n) is 9.74. The van der Waals surface area contributed by atoms with E-state index in [-0.39, 0.29) is 59.7 Å². The molecule has 0 radical (unpaired) electrons. The zero-order chi connectivity index (χ0) is 24.1. The molecule has 0 bridgehead atoms. The summed E-state index contributed by atoms with van der Waals surface area (Å²) in [6.07, 6.45) is -6.57. The Balaban J connectivity index is 2.14. The summed E-state index contributed by atoms with van der Waals surface area (Å²) in [4.78, 5) is 7.87. The van der Waals surface area contributed by atoms with Crippen LogP contribution in [-0.2, 0) is 25.2 Å². The maximum Gasteiger partial charge on any atom is 0.416 e. The molecule has 0 saturated heterocycles. The van der Waals surface area contributed by atoms with Crippen LogP contribution >= 0.6 is 0 Å². The number of alkyl halides is 6. The summed E-state index contributed by atoms with van der Waals surface area (Å²) in [5.74, 6) is -0.595. The number of aryl methyl sites for hydroxylation is 2. The first-order valence-corrected chi connectivity index (χ1v) is 9.74. The van der Waals surface area contributed by atoms with Gasteiger partial charge >= 0.3 is 12.4 Å².